The van der Waals surface area contributed by atoms with Crippen LogP contribution in [-0.2, 0) is 16.3 Å². The Bertz CT molecular complexity index is 357. The summed E-state index contributed by atoms with van der Waals surface area (Å²) in [5, 5.41) is 0. The van der Waals surface area contributed by atoms with E-state index in [0.29, 0.717) is 0 Å². The van der Waals surface area contributed by atoms with Crippen molar-refractivity contribution in [3.05, 3.63) is 28.7 Å². The SMILES string of the molecule is S=[P@]1(Sc2ccc(Br)cc2)OCCS1. The minimum atomic E-state index is -1.66. The van der Waals surface area contributed by atoms with Crippen molar-refractivity contribution in [2.75, 3.05) is 12.4 Å². The molecule has 14 heavy (non-hydrogen) atoms. The lowest BCUT2D eigenvalue weighted by Gasteiger charge is -2.11. The summed E-state index contributed by atoms with van der Waals surface area (Å²) in [6.45, 7) is 0.811. The van der Waals surface area contributed by atoms with Gasteiger partial charge in [0, 0.05) is 15.1 Å². The van der Waals surface area contributed by atoms with Crippen molar-refractivity contribution >= 4 is 55.2 Å². The molecule has 1 atom stereocenters. The van der Waals surface area contributed by atoms with E-state index in [1.54, 1.807) is 22.8 Å². The number of hydrogen-bond acceptors (Lipinski definition) is 4. The first-order valence-corrected chi connectivity index (χ1v) is 10.5. The van der Waals surface area contributed by atoms with Crippen molar-refractivity contribution < 1.29 is 4.52 Å². The van der Waals surface area contributed by atoms with E-state index in [9.17, 15) is 0 Å². The molecule has 0 saturated carbocycles. The third-order valence-corrected chi connectivity index (χ3v) is 11.0. The highest BCUT2D eigenvalue weighted by atomic mass is 79.9. The van der Waals surface area contributed by atoms with Crippen LogP contribution in [-0.4, -0.2) is 12.4 Å². The Morgan fingerprint density at radius 3 is 2.71 bits per heavy atom. The van der Waals surface area contributed by atoms with E-state index < -0.39 is 4.67 Å². The summed E-state index contributed by atoms with van der Waals surface area (Å²) >= 11 is 12.4. The molecule has 1 fully saturated rings. The van der Waals surface area contributed by atoms with E-state index in [2.05, 4.69) is 28.1 Å². The lowest BCUT2D eigenvalue weighted by Crippen LogP contribution is -1.77. The largest absolute Gasteiger partial charge is 0.333 e. The summed E-state index contributed by atoms with van der Waals surface area (Å²) in [4.78, 5) is 1.20. The van der Waals surface area contributed by atoms with Gasteiger partial charge in [-0.25, -0.2) is 0 Å². The van der Waals surface area contributed by atoms with Gasteiger partial charge in [-0.05, 0) is 36.1 Å². The van der Waals surface area contributed by atoms with E-state index in [1.807, 2.05) is 12.1 Å². The van der Waals surface area contributed by atoms with Crippen LogP contribution in [0.15, 0.2) is 33.6 Å². The van der Waals surface area contributed by atoms with Crippen LogP contribution in [0.1, 0.15) is 0 Å². The van der Waals surface area contributed by atoms with Gasteiger partial charge in [-0.15, -0.1) is 0 Å². The summed E-state index contributed by atoms with van der Waals surface area (Å²) in [5.74, 6) is 1.04. The molecule has 76 valence electrons. The minimum Gasteiger partial charge on any atom is -0.333 e. The molecule has 1 heterocycles. The Kier molecular flexibility index (Phi) is 4.02. The zero-order valence-electron chi connectivity index (χ0n) is 7.18. The summed E-state index contributed by atoms with van der Waals surface area (Å²) in [7, 11) is 0. The Morgan fingerprint density at radius 1 is 1.43 bits per heavy atom. The lowest BCUT2D eigenvalue weighted by molar-refractivity contribution is 0.406. The molecule has 0 amide bonds. The molecule has 0 bridgehead atoms. The molecular formula is C8H8BrOPS3. The van der Waals surface area contributed by atoms with Gasteiger partial charge >= 0.3 is 0 Å². The highest BCUT2D eigenvalue weighted by Crippen LogP contribution is 2.75. The summed E-state index contributed by atoms with van der Waals surface area (Å²) in [5.41, 5.74) is 0. The van der Waals surface area contributed by atoms with Gasteiger partial charge in [0.25, 0.3) is 0 Å². The van der Waals surface area contributed by atoms with E-state index in [0.717, 1.165) is 16.8 Å². The smallest absolute Gasteiger partial charge is 0.179 e. The molecule has 0 N–H and O–H groups in total. The van der Waals surface area contributed by atoms with Gasteiger partial charge in [0.15, 0.2) is 4.67 Å². The van der Waals surface area contributed by atoms with Gasteiger partial charge in [-0.3, -0.25) is 0 Å². The predicted octanol–water partition coefficient (Wildman–Crippen LogP) is 4.53. The summed E-state index contributed by atoms with van der Waals surface area (Å²) < 4.78 is 5.05. The highest BCUT2D eigenvalue weighted by Gasteiger charge is 2.25. The highest BCUT2D eigenvalue weighted by molar-refractivity contribution is 9.10. The normalized spacial score (nSPS) is 26.6. The molecule has 1 aliphatic rings. The molecule has 0 unspecified atom stereocenters. The maximum absolute atomic E-state index is 5.61. The first-order valence-electron chi connectivity index (χ1n) is 4.02. The molecule has 1 aliphatic heterocycles. The van der Waals surface area contributed by atoms with Gasteiger partial charge in [0.2, 0.25) is 0 Å². The van der Waals surface area contributed by atoms with E-state index in [4.69, 9.17) is 16.3 Å². The number of halogens is 1. The maximum atomic E-state index is 5.61. The topological polar surface area (TPSA) is 9.23 Å². The molecule has 2 rings (SSSR count). The van der Waals surface area contributed by atoms with Gasteiger partial charge in [0.05, 0.1) is 6.61 Å². The molecule has 1 aromatic rings. The van der Waals surface area contributed by atoms with Crippen molar-refractivity contribution in [3.63, 3.8) is 0 Å². The van der Waals surface area contributed by atoms with Gasteiger partial charge in [0.1, 0.15) is 0 Å². The monoisotopic (exact) mass is 326 g/mol. The Morgan fingerprint density at radius 2 is 2.14 bits per heavy atom. The number of rotatable bonds is 2. The zero-order valence-corrected chi connectivity index (χ0v) is 12.1. The molecule has 6 heteroatoms. The average Bonchev–Trinajstić information content (AvgIpc) is 2.57. The third-order valence-electron chi connectivity index (χ3n) is 1.61. The third kappa shape index (κ3) is 3.00. The van der Waals surface area contributed by atoms with Crippen LogP contribution in [0.5, 0.6) is 0 Å². The lowest BCUT2D eigenvalue weighted by atomic mass is 10.4. The van der Waals surface area contributed by atoms with Crippen LogP contribution in [0.2, 0.25) is 0 Å². The standard InChI is InChI=1S/C8H8BrOPS3/c9-7-1-3-8(4-2-7)14-11(12)10-5-6-13-11/h1-4H,5-6H2/t11-/m1/s1. The molecule has 0 aromatic heterocycles. The van der Waals surface area contributed by atoms with E-state index in [-0.39, 0.29) is 0 Å². The van der Waals surface area contributed by atoms with Crippen LogP contribution in [0.3, 0.4) is 0 Å². The van der Waals surface area contributed by atoms with Crippen molar-refractivity contribution in [1.29, 1.82) is 0 Å². The predicted molar refractivity (Wildman–Crippen MR) is 72.7 cm³/mol. The van der Waals surface area contributed by atoms with Crippen LogP contribution < -0.4 is 0 Å². The number of hydrogen-bond donors (Lipinski definition) is 0. The Labute approximate surface area is 105 Å². The first kappa shape index (κ1) is 11.5. The Balaban J connectivity index is 2.10. The van der Waals surface area contributed by atoms with E-state index in [1.165, 1.54) is 4.90 Å². The molecule has 1 saturated heterocycles. The quantitative estimate of drug-likeness (QED) is 0.738. The average molecular weight is 327 g/mol. The van der Waals surface area contributed by atoms with Crippen molar-refractivity contribution in [3.8, 4) is 0 Å². The second kappa shape index (κ2) is 4.89. The second-order valence-electron chi connectivity index (χ2n) is 2.66. The van der Waals surface area contributed by atoms with Crippen LogP contribution in [0.4, 0.5) is 0 Å². The van der Waals surface area contributed by atoms with Crippen molar-refractivity contribution in [2.45, 2.75) is 4.90 Å². The summed E-state index contributed by atoms with van der Waals surface area (Å²) in [6, 6.07) is 8.21. The van der Waals surface area contributed by atoms with Crippen molar-refractivity contribution in [1.82, 2.24) is 0 Å². The van der Waals surface area contributed by atoms with Crippen LogP contribution >= 0.6 is 43.4 Å². The molecule has 1 aromatic carbocycles. The maximum Gasteiger partial charge on any atom is 0.179 e. The fourth-order valence-corrected chi connectivity index (χ4v) is 9.40. The fourth-order valence-electron chi connectivity index (χ4n) is 1.01. The van der Waals surface area contributed by atoms with E-state index >= 15 is 0 Å². The number of benzene rings is 1. The second-order valence-corrected chi connectivity index (χ2v) is 14.1. The van der Waals surface area contributed by atoms with Gasteiger partial charge in [-0.2, -0.15) is 0 Å². The van der Waals surface area contributed by atoms with Gasteiger partial charge < -0.3 is 4.52 Å². The van der Waals surface area contributed by atoms with Crippen LogP contribution in [0.25, 0.3) is 0 Å². The molecular weight excluding hydrogens is 319 g/mol. The molecule has 0 spiro atoms. The van der Waals surface area contributed by atoms with Gasteiger partial charge in [-0.1, -0.05) is 38.7 Å². The first-order chi connectivity index (χ1) is 6.68. The molecule has 0 aliphatic carbocycles. The fraction of sp³-hybridized carbons (Fsp3) is 0.250. The minimum absolute atomic E-state index is 0.811. The van der Waals surface area contributed by atoms with Crippen LogP contribution in [0, 0.1) is 0 Å². The van der Waals surface area contributed by atoms with Crippen molar-refractivity contribution in [2.24, 2.45) is 0 Å². The summed E-state index contributed by atoms with van der Waals surface area (Å²) in [6.07, 6.45) is 0. The Hall–Kier alpha value is 1.01. The molecule has 1 nitrogen and oxygen atoms in total. The zero-order chi connectivity index (χ0) is 10.0. The molecule has 0 radical (unpaired) electrons.